The molecule has 0 spiro atoms. The molecular weight excluding hydrogens is 122 g/mol. The van der Waals surface area contributed by atoms with Crippen LogP contribution >= 0.6 is 0 Å². The van der Waals surface area contributed by atoms with E-state index in [1.165, 1.54) is 32.1 Å². The Balaban J connectivity index is 2.05. The van der Waals surface area contributed by atoms with Crippen molar-refractivity contribution < 1.29 is 0 Å². The predicted octanol–water partition coefficient (Wildman–Crippen LogP) is 2.17. The fourth-order valence-corrected chi connectivity index (χ4v) is 1.48. The van der Waals surface area contributed by atoms with Crippen LogP contribution in [0.4, 0.5) is 0 Å². The lowest BCUT2D eigenvalue weighted by atomic mass is 10.1. The lowest BCUT2D eigenvalue weighted by Crippen LogP contribution is -2.25. The van der Waals surface area contributed by atoms with Crippen molar-refractivity contribution in [3.63, 3.8) is 0 Å². The fourth-order valence-electron chi connectivity index (χ4n) is 1.48. The molecule has 1 heteroatoms. The summed E-state index contributed by atoms with van der Waals surface area (Å²) in [7, 11) is 2.09. The third-order valence-electron chi connectivity index (χ3n) is 2.36. The van der Waals surface area contributed by atoms with Gasteiger partial charge >= 0.3 is 0 Å². The molecule has 1 unspecified atom stereocenters. The van der Waals surface area contributed by atoms with E-state index in [4.69, 9.17) is 0 Å². The summed E-state index contributed by atoms with van der Waals surface area (Å²) in [6.45, 7) is 2.26. The number of hydrogen-bond donors (Lipinski definition) is 1. The largest absolute Gasteiger partial charge is 0.317 e. The zero-order valence-electron chi connectivity index (χ0n) is 7.19. The predicted molar refractivity (Wildman–Crippen MR) is 45.1 cm³/mol. The van der Waals surface area contributed by atoms with E-state index < -0.39 is 0 Å². The Morgan fingerprint density at radius 3 is 2.60 bits per heavy atom. The van der Waals surface area contributed by atoms with Crippen LogP contribution in [0.3, 0.4) is 0 Å². The third kappa shape index (κ3) is 2.70. The molecule has 0 bridgehead atoms. The van der Waals surface area contributed by atoms with E-state index >= 15 is 0 Å². The highest BCUT2D eigenvalue weighted by Gasteiger charge is 2.23. The first-order chi connectivity index (χ1) is 4.86. The molecule has 60 valence electrons. The van der Waals surface area contributed by atoms with Crippen molar-refractivity contribution in [2.45, 2.75) is 45.1 Å². The number of nitrogens with one attached hydrogen (secondary N) is 1. The summed E-state index contributed by atoms with van der Waals surface area (Å²) >= 11 is 0. The minimum absolute atomic E-state index is 0.803. The van der Waals surface area contributed by atoms with Crippen LogP contribution in [0.25, 0.3) is 0 Å². The van der Waals surface area contributed by atoms with Crippen LogP contribution in [0, 0.1) is 5.92 Å². The number of hydrogen-bond acceptors (Lipinski definition) is 1. The van der Waals surface area contributed by atoms with Gasteiger partial charge in [0.25, 0.3) is 0 Å². The minimum Gasteiger partial charge on any atom is -0.317 e. The molecule has 0 heterocycles. The summed E-state index contributed by atoms with van der Waals surface area (Å²) in [5.41, 5.74) is 0. The van der Waals surface area contributed by atoms with E-state index in [1.54, 1.807) is 0 Å². The molecule has 0 aromatic heterocycles. The van der Waals surface area contributed by atoms with E-state index in [1.807, 2.05) is 0 Å². The first-order valence-electron chi connectivity index (χ1n) is 4.54. The zero-order chi connectivity index (χ0) is 7.40. The lowest BCUT2D eigenvalue weighted by molar-refractivity contribution is 0.459. The fraction of sp³-hybridized carbons (Fsp3) is 1.00. The lowest BCUT2D eigenvalue weighted by Gasteiger charge is -2.13. The van der Waals surface area contributed by atoms with Crippen LogP contribution in [0.15, 0.2) is 0 Å². The van der Waals surface area contributed by atoms with Crippen LogP contribution in [-0.2, 0) is 0 Å². The molecule has 0 radical (unpaired) electrons. The van der Waals surface area contributed by atoms with Gasteiger partial charge in [0.15, 0.2) is 0 Å². The van der Waals surface area contributed by atoms with Gasteiger partial charge in [-0.3, -0.25) is 0 Å². The van der Waals surface area contributed by atoms with E-state index in [9.17, 15) is 0 Å². The molecule has 1 saturated carbocycles. The van der Waals surface area contributed by atoms with E-state index in [-0.39, 0.29) is 0 Å². The Hall–Kier alpha value is -0.0400. The Kier molecular flexibility index (Phi) is 3.20. The normalized spacial score (nSPS) is 21.0. The standard InChI is InChI=1S/C9H19N/c1-3-4-9(10-2)7-8-5-6-8/h8-10H,3-7H2,1-2H3. The van der Waals surface area contributed by atoms with Gasteiger partial charge in [-0.15, -0.1) is 0 Å². The minimum atomic E-state index is 0.803. The maximum absolute atomic E-state index is 3.37. The first-order valence-corrected chi connectivity index (χ1v) is 4.54. The zero-order valence-corrected chi connectivity index (χ0v) is 7.19. The molecule has 0 amide bonds. The van der Waals surface area contributed by atoms with Crippen molar-refractivity contribution in [1.29, 1.82) is 0 Å². The van der Waals surface area contributed by atoms with Crippen molar-refractivity contribution in [1.82, 2.24) is 5.32 Å². The molecule has 1 aliphatic rings. The van der Waals surface area contributed by atoms with Gasteiger partial charge in [-0.2, -0.15) is 0 Å². The van der Waals surface area contributed by atoms with E-state index in [2.05, 4.69) is 19.3 Å². The van der Waals surface area contributed by atoms with Crippen LogP contribution < -0.4 is 5.32 Å². The Morgan fingerprint density at radius 1 is 1.50 bits per heavy atom. The third-order valence-corrected chi connectivity index (χ3v) is 2.36. The second kappa shape index (κ2) is 3.97. The van der Waals surface area contributed by atoms with Crippen molar-refractivity contribution in [2.75, 3.05) is 7.05 Å². The van der Waals surface area contributed by atoms with Crippen molar-refractivity contribution in [3.05, 3.63) is 0 Å². The summed E-state index contributed by atoms with van der Waals surface area (Å²) in [4.78, 5) is 0. The van der Waals surface area contributed by atoms with Gasteiger partial charge in [-0.1, -0.05) is 26.2 Å². The summed E-state index contributed by atoms with van der Waals surface area (Å²) in [6, 6.07) is 0.803. The smallest absolute Gasteiger partial charge is 0.00666 e. The molecule has 1 N–H and O–H groups in total. The van der Waals surface area contributed by atoms with Gasteiger partial charge < -0.3 is 5.32 Å². The SMILES string of the molecule is CCCC(CC1CC1)NC. The summed E-state index contributed by atoms with van der Waals surface area (Å²) in [6.07, 6.45) is 7.07. The summed E-state index contributed by atoms with van der Waals surface area (Å²) in [5.74, 6) is 1.07. The van der Waals surface area contributed by atoms with Gasteiger partial charge in [0.2, 0.25) is 0 Å². The van der Waals surface area contributed by atoms with E-state index in [0.29, 0.717) is 0 Å². The van der Waals surface area contributed by atoms with Crippen LogP contribution in [0.2, 0.25) is 0 Å². The highest BCUT2D eigenvalue weighted by atomic mass is 14.9. The monoisotopic (exact) mass is 141 g/mol. The van der Waals surface area contributed by atoms with Crippen molar-refractivity contribution in [2.24, 2.45) is 5.92 Å². The summed E-state index contributed by atoms with van der Waals surface area (Å²) in [5, 5.41) is 3.37. The maximum Gasteiger partial charge on any atom is 0.00666 e. The van der Waals surface area contributed by atoms with Crippen molar-refractivity contribution in [3.8, 4) is 0 Å². The molecule has 1 fully saturated rings. The van der Waals surface area contributed by atoms with Gasteiger partial charge in [-0.25, -0.2) is 0 Å². The van der Waals surface area contributed by atoms with Gasteiger partial charge in [0.05, 0.1) is 0 Å². The second-order valence-electron chi connectivity index (χ2n) is 3.45. The molecule has 1 rings (SSSR count). The Bertz CT molecular complexity index is 86.7. The molecule has 1 nitrogen and oxygen atoms in total. The van der Waals surface area contributed by atoms with Crippen LogP contribution in [0.5, 0.6) is 0 Å². The van der Waals surface area contributed by atoms with E-state index in [0.717, 1.165) is 12.0 Å². The first kappa shape index (κ1) is 8.06. The maximum atomic E-state index is 3.37. The van der Waals surface area contributed by atoms with Gasteiger partial charge in [0.1, 0.15) is 0 Å². The summed E-state index contributed by atoms with van der Waals surface area (Å²) < 4.78 is 0. The molecule has 0 saturated heterocycles. The van der Waals surface area contributed by atoms with Gasteiger partial charge in [0, 0.05) is 6.04 Å². The van der Waals surface area contributed by atoms with Crippen LogP contribution in [-0.4, -0.2) is 13.1 Å². The molecule has 0 aromatic rings. The van der Waals surface area contributed by atoms with Gasteiger partial charge in [-0.05, 0) is 25.8 Å². The quantitative estimate of drug-likeness (QED) is 0.618. The Labute approximate surface area is 64.2 Å². The average molecular weight is 141 g/mol. The highest BCUT2D eigenvalue weighted by molar-refractivity contribution is 4.79. The molecule has 1 aliphatic carbocycles. The Morgan fingerprint density at radius 2 is 2.20 bits per heavy atom. The van der Waals surface area contributed by atoms with Crippen LogP contribution in [0.1, 0.15) is 39.0 Å². The molecular formula is C9H19N. The second-order valence-corrected chi connectivity index (χ2v) is 3.45. The molecule has 1 atom stereocenters. The highest BCUT2D eigenvalue weighted by Crippen LogP contribution is 2.34. The molecule has 0 aromatic carbocycles. The average Bonchev–Trinajstić information content (AvgIpc) is 2.71. The molecule has 10 heavy (non-hydrogen) atoms. The molecule has 0 aliphatic heterocycles. The van der Waals surface area contributed by atoms with Crippen molar-refractivity contribution >= 4 is 0 Å². The number of rotatable bonds is 5. The topological polar surface area (TPSA) is 12.0 Å².